The second kappa shape index (κ2) is 8.05. The number of amides is 1. The first kappa shape index (κ1) is 15.0. The van der Waals surface area contributed by atoms with Crippen molar-refractivity contribution in [2.75, 3.05) is 0 Å². The molecule has 110 valence electrons. The van der Waals surface area contributed by atoms with Crippen LogP contribution in [0, 0.1) is 0 Å². The van der Waals surface area contributed by atoms with Crippen LogP contribution < -0.4 is 0 Å². The van der Waals surface area contributed by atoms with Gasteiger partial charge in [-0.05, 0) is 12.0 Å². The first-order valence-electron chi connectivity index (χ1n) is 7.80. The fourth-order valence-electron chi connectivity index (χ4n) is 2.56. The van der Waals surface area contributed by atoms with Gasteiger partial charge in [-0.15, -0.1) is 0 Å². The molecule has 1 atom stereocenters. The van der Waals surface area contributed by atoms with Crippen molar-refractivity contribution >= 4 is 5.91 Å². The summed E-state index contributed by atoms with van der Waals surface area (Å²) >= 11 is 0. The summed E-state index contributed by atoms with van der Waals surface area (Å²) in [6.45, 7) is 2.71. The number of hydrogen-bond donors (Lipinski definition) is 0. The Labute approximate surface area is 121 Å². The molecule has 0 radical (unpaired) electrons. The predicted octanol–water partition coefficient (Wildman–Crippen LogP) is 4.08. The molecule has 0 saturated carbocycles. The highest BCUT2D eigenvalue weighted by Gasteiger charge is 2.36. The summed E-state index contributed by atoms with van der Waals surface area (Å²) in [7, 11) is 0. The van der Waals surface area contributed by atoms with Crippen LogP contribution in [-0.4, -0.2) is 17.0 Å². The van der Waals surface area contributed by atoms with Crippen molar-refractivity contribution < 1.29 is 9.63 Å². The highest BCUT2D eigenvalue weighted by atomic mass is 16.7. The summed E-state index contributed by atoms with van der Waals surface area (Å²) in [5.41, 5.74) is 1.11. The monoisotopic (exact) mass is 275 g/mol. The quantitative estimate of drug-likeness (QED) is 0.502. The molecule has 1 aromatic rings. The minimum Gasteiger partial charge on any atom is -0.272 e. The maximum atomic E-state index is 11.6. The summed E-state index contributed by atoms with van der Waals surface area (Å²) in [4.78, 5) is 17.2. The summed E-state index contributed by atoms with van der Waals surface area (Å²) in [6, 6.07) is 10.3. The second-order valence-electron chi connectivity index (χ2n) is 5.54. The molecule has 0 aliphatic carbocycles. The zero-order chi connectivity index (χ0) is 14.2. The van der Waals surface area contributed by atoms with Crippen molar-refractivity contribution in [2.24, 2.45) is 0 Å². The number of hydroxylamine groups is 2. The maximum absolute atomic E-state index is 11.6. The van der Waals surface area contributed by atoms with Crippen molar-refractivity contribution in [3.63, 3.8) is 0 Å². The molecule has 1 aromatic carbocycles. The molecule has 0 N–H and O–H groups in total. The molecule has 1 amide bonds. The van der Waals surface area contributed by atoms with Crippen LogP contribution in [0.5, 0.6) is 0 Å². The average molecular weight is 275 g/mol. The third kappa shape index (κ3) is 4.34. The van der Waals surface area contributed by atoms with Gasteiger partial charge in [0.2, 0.25) is 5.91 Å². The van der Waals surface area contributed by atoms with Gasteiger partial charge in [-0.3, -0.25) is 9.63 Å². The van der Waals surface area contributed by atoms with Gasteiger partial charge in [0.25, 0.3) is 0 Å². The molecule has 1 aliphatic heterocycles. The fourth-order valence-corrected chi connectivity index (χ4v) is 2.56. The molecule has 3 heteroatoms. The van der Waals surface area contributed by atoms with Crippen molar-refractivity contribution in [1.82, 2.24) is 5.06 Å². The minimum atomic E-state index is 0.125. The lowest BCUT2D eigenvalue weighted by molar-refractivity contribution is -0.234. The van der Waals surface area contributed by atoms with Gasteiger partial charge in [-0.1, -0.05) is 69.4 Å². The number of rotatable bonds is 9. The predicted molar refractivity (Wildman–Crippen MR) is 79.9 cm³/mol. The highest BCUT2D eigenvalue weighted by molar-refractivity contribution is 5.81. The van der Waals surface area contributed by atoms with Crippen LogP contribution in [0.4, 0.5) is 0 Å². The minimum absolute atomic E-state index is 0.125. The molecule has 3 nitrogen and oxygen atoms in total. The van der Waals surface area contributed by atoms with E-state index in [1.807, 2.05) is 30.3 Å². The molecule has 1 saturated heterocycles. The Hall–Kier alpha value is -1.35. The zero-order valence-corrected chi connectivity index (χ0v) is 12.4. The third-order valence-electron chi connectivity index (χ3n) is 3.84. The van der Waals surface area contributed by atoms with E-state index in [0.717, 1.165) is 12.0 Å². The van der Waals surface area contributed by atoms with E-state index in [1.54, 1.807) is 5.06 Å². The number of carbonyl (C=O) groups is 1. The normalized spacial score (nSPS) is 18.1. The van der Waals surface area contributed by atoms with Gasteiger partial charge in [0.1, 0.15) is 6.61 Å². The Morgan fingerprint density at radius 2 is 1.90 bits per heavy atom. The molecule has 1 fully saturated rings. The summed E-state index contributed by atoms with van der Waals surface area (Å²) in [5, 5.41) is 1.59. The molecule has 0 bridgehead atoms. The molecular weight excluding hydrogens is 250 g/mol. The van der Waals surface area contributed by atoms with Crippen molar-refractivity contribution in [3.05, 3.63) is 35.9 Å². The number of unbranched alkanes of at least 4 members (excludes halogenated alkanes) is 4. The molecule has 0 spiro atoms. The SMILES string of the molecule is CCCCCCC[C@H]1CC(=O)N1OCc1ccccc1. The lowest BCUT2D eigenvalue weighted by Crippen LogP contribution is -2.52. The van der Waals surface area contributed by atoms with Crippen molar-refractivity contribution in [1.29, 1.82) is 0 Å². The molecule has 20 heavy (non-hydrogen) atoms. The largest absolute Gasteiger partial charge is 0.272 e. The van der Waals surface area contributed by atoms with Crippen LogP contribution in [-0.2, 0) is 16.2 Å². The number of hydrogen-bond acceptors (Lipinski definition) is 2. The van der Waals surface area contributed by atoms with E-state index in [2.05, 4.69) is 6.92 Å². The van der Waals surface area contributed by atoms with Crippen LogP contribution in [0.15, 0.2) is 30.3 Å². The van der Waals surface area contributed by atoms with E-state index < -0.39 is 0 Å². The van der Waals surface area contributed by atoms with Crippen LogP contribution in [0.25, 0.3) is 0 Å². The van der Waals surface area contributed by atoms with Gasteiger partial charge in [-0.2, -0.15) is 0 Å². The number of carbonyl (C=O) groups excluding carboxylic acids is 1. The molecule has 0 unspecified atom stereocenters. The van der Waals surface area contributed by atoms with Gasteiger partial charge in [0.05, 0.1) is 12.5 Å². The Kier molecular flexibility index (Phi) is 6.06. The van der Waals surface area contributed by atoms with E-state index in [4.69, 9.17) is 4.84 Å². The van der Waals surface area contributed by atoms with Gasteiger partial charge < -0.3 is 0 Å². The second-order valence-corrected chi connectivity index (χ2v) is 5.54. The van der Waals surface area contributed by atoms with Crippen LogP contribution in [0.1, 0.15) is 57.4 Å². The Balaban J connectivity index is 1.66. The Bertz CT molecular complexity index is 405. The number of β-lactam (4-membered cyclic amide) rings is 1. The van der Waals surface area contributed by atoms with Gasteiger partial charge in [-0.25, -0.2) is 5.06 Å². The summed E-state index contributed by atoms with van der Waals surface area (Å²) in [6.07, 6.45) is 8.09. The fraction of sp³-hybridized carbons (Fsp3) is 0.588. The number of nitrogens with zero attached hydrogens (tertiary/aromatic N) is 1. The molecule has 1 aliphatic rings. The van der Waals surface area contributed by atoms with E-state index >= 15 is 0 Å². The molecule has 0 aromatic heterocycles. The topological polar surface area (TPSA) is 29.5 Å². The van der Waals surface area contributed by atoms with Gasteiger partial charge in [0.15, 0.2) is 0 Å². The maximum Gasteiger partial charge on any atom is 0.248 e. The highest BCUT2D eigenvalue weighted by Crippen LogP contribution is 2.25. The van der Waals surface area contributed by atoms with Crippen molar-refractivity contribution in [3.8, 4) is 0 Å². The Morgan fingerprint density at radius 1 is 1.15 bits per heavy atom. The average Bonchev–Trinajstić information content (AvgIpc) is 2.47. The summed E-state index contributed by atoms with van der Waals surface area (Å²) in [5.74, 6) is 0.125. The lowest BCUT2D eigenvalue weighted by atomic mass is 9.98. The molecule has 1 heterocycles. The van der Waals surface area contributed by atoms with Gasteiger partial charge in [0, 0.05) is 0 Å². The van der Waals surface area contributed by atoms with E-state index in [9.17, 15) is 4.79 Å². The molecule has 2 rings (SSSR count). The molecular formula is C17H25NO2. The standard InChI is InChI=1S/C17H25NO2/c1-2-3-4-5-9-12-16-13-17(19)18(16)20-14-15-10-7-6-8-11-15/h6-8,10-11,16H,2-5,9,12-14H2,1H3/t16-/m0/s1. The van der Waals surface area contributed by atoms with Crippen LogP contribution in [0.3, 0.4) is 0 Å². The Morgan fingerprint density at radius 3 is 2.60 bits per heavy atom. The van der Waals surface area contributed by atoms with Crippen LogP contribution >= 0.6 is 0 Å². The summed E-state index contributed by atoms with van der Waals surface area (Å²) < 4.78 is 0. The van der Waals surface area contributed by atoms with E-state index in [-0.39, 0.29) is 5.91 Å². The van der Waals surface area contributed by atoms with Crippen molar-refractivity contribution in [2.45, 2.75) is 64.5 Å². The van der Waals surface area contributed by atoms with Crippen LogP contribution in [0.2, 0.25) is 0 Å². The third-order valence-corrected chi connectivity index (χ3v) is 3.84. The first-order valence-corrected chi connectivity index (χ1v) is 7.80. The zero-order valence-electron chi connectivity index (χ0n) is 12.4. The number of benzene rings is 1. The van der Waals surface area contributed by atoms with E-state index in [1.165, 1.54) is 32.1 Å². The smallest absolute Gasteiger partial charge is 0.248 e. The van der Waals surface area contributed by atoms with Gasteiger partial charge >= 0.3 is 0 Å². The first-order chi connectivity index (χ1) is 9.81. The lowest BCUT2D eigenvalue weighted by Gasteiger charge is -2.39. The van der Waals surface area contributed by atoms with E-state index in [0.29, 0.717) is 19.1 Å².